The summed E-state index contributed by atoms with van der Waals surface area (Å²) in [4.78, 5) is 31.7. The summed E-state index contributed by atoms with van der Waals surface area (Å²) >= 11 is 7.22. The van der Waals surface area contributed by atoms with Crippen LogP contribution in [0.5, 0.6) is 0 Å². The number of aromatic nitrogens is 2. The van der Waals surface area contributed by atoms with Crippen molar-refractivity contribution in [3.63, 3.8) is 0 Å². The number of primary amides is 1. The SMILES string of the molecule is Cc1cc2c(NC(CC(N)=O)C(=O)O)nc(Cl)nc2s1. The summed E-state index contributed by atoms with van der Waals surface area (Å²) in [5.41, 5.74) is 5.03. The van der Waals surface area contributed by atoms with Gasteiger partial charge in [0, 0.05) is 4.88 Å². The quantitative estimate of drug-likeness (QED) is 0.718. The number of carbonyl (C=O) groups is 2. The predicted octanol–water partition coefficient (Wildman–Crippen LogP) is 1.39. The second-order valence-corrected chi connectivity index (χ2v) is 5.70. The molecule has 2 aromatic heterocycles. The van der Waals surface area contributed by atoms with Crippen LogP contribution in [0.25, 0.3) is 10.2 Å². The lowest BCUT2D eigenvalue weighted by Gasteiger charge is -2.14. The molecule has 0 aliphatic heterocycles. The first-order valence-electron chi connectivity index (χ1n) is 5.58. The summed E-state index contributed by atoms with van der Waals surface area (Å²) in [6, 6.07) is 0.656. The van der Waals surface area contributed by atoms with E-state index in [1.807, 2.05) is 13.0 Å². The Morgan fingerprint density at radius 2 is 2.25 bits per heavy atom. The molecule has 0 saturated carbocycles. The maximum absolute atomic E-state index is 11.1. The van der Waals surface area contributed by atoms with Crippen LogP contribution in [-0.4, -0.2) is 33.0 Å². The Kier molecular flexibility index (Phi) is 4.05. The van der Waals surface area contributed by atoms with E-state index in [2.05, 4.69) is 15.3 Å². The van der Waals surface area contributed by atoms with Crippen molar-refractivity contribution in [3.05, 3.63) is 16.2 Å². The molecule has 0 fully saturated rings. The van der Waals surface area contributed by atoms with Gasteiger partial charge < -0.3 is 16.2 Å². The smallest absolute Gasteiger partial charge is 0.326 e. The number of halogens is 1. The molecule has 1 unspecified atom stereocenters. The number of hydrogen-bond donors (Lipinski definition) is 3. The summed E-state index contributed by atoms with van der Waals surface area (Å²) in [7, 11) is 0. The third kappa shape index (κ3) is 3.14. The van der Waals surface area contributed by atoms with E-state index in [1.165, 1.54) is 11.3 Å². The fraction of sp³-hybridized carbons (Fsp3) is 0.273. The fourth-order valence-electron chi connectivity index (χ4n) is 1.69. The van der Waals surface area contributed by atoms with Gasteiger partial charge in [0.1, 0.15) is 16.7 Å². The number of rotatable bonds is 5. The number of carboxylic acid groups (broad SMARTS) is 1. The summed E-state index contributed by atoms with van der Waals surface area (Å²) in [5, 5.41) is 12.4. The Morgan fingerprint density at radius 1 is 1.55 bits per heavy atom. The van der Waals surface area contributed by atoms with Gasteiger partial charge in [-0.15, -0.1) is 11.3 Å². The van der Waals surface area contributed by atoms with Crippen molar-refractivity contribution >= 4 is 50.8 Å². The first kappa shape index (κ1) is 14.5. The number of thiophene rings is 1. The first-order chi connectivity index (χ1) is 9.36. The minimum atomic E-state index is -1.20. The van der Waals surface area contributed by atoms with E-state index in [0.29, 0.717) is 10.2 Å². The van der Waals surface area contributed by atoms with E-state index in [1.54, 1.807) is 0 Å². The van der Waals surface area contributed by atoms with Crippen molar-refractivity contribution in [2.24, 2.45) is 5.73 Å². The molecular weight excluding hydrogens is 304 g/mol. The number of aryl methyl sites for hydroxylation is 1. The van der Waals surface area contributed by atoms with Crippen LogP contribution in [0, 0.1) is 6.92 Å². The van der Waals surface area contributed by atoms with Crippen LogP contribution in [0.2, 0.25) is 5.28 Å². The van der Waals surface area contributed by atoms with E-state index in [0.717, 1.165) is 4.88 Å². The molecule has 2 aromatic rings. The van der Waals surface area contributed by atoms with Gasteiger partial charge in [0.05, 0.1) is 11.8 Å². The number of fused-ring (bicyclic) bond motifs is 1. The number of hydrogen-bond acceptors (Lipinski definition) is 6. The van der Waals surface area contributed by atoms with Gasteiger partial charge >= 0.3 is 5.97 Å². The summed E-state index contributed by atoms with van der Waals surface area (Å²) in [6.45, 7) is 1.89. The van der Waals surface area contributed by atoms with Crippen LogP contribution < -0.4 is 11.1 Å². The molecule has 1 atom stereocenters. The number of nitrogens with zero attached hydrogens (tertiary/aromatic N) is 2. The fourth-order valence-corrected chi connectivity index (χ4v) is 2.79. The highest BCUT2D eigenvalue weighted by Gasteiger charge is 2.22. The van der Waals surface area contributed by atoms with Gasteiger partial charge in [0.15, 0.2) is 0 Å². The van der Waals surface area contributed by atoms with E-state index >= 15 is 0 Å². The standard InChI is InChI=1S/C11H11ClN4O3S/c1-4-2-5-8(15-11(12)16-9(5)20-4)14-6(10(18)19)3-7(13)17/h2,6H,3H2,1H3,(H2,13,17)(H,18,19)(H,14,15,16). The molecule has 0 bridgehead atoms. The molecular formula is C11H11ClN4O3S. The molecule has 9 heteroatoms. The van der Waals surface area contributed by atoms with E-state index in [9.17, 15) is 9.59 Å². The van der Waals surface area contributed by atoms with Crippen molar-refractivity contribution in [1.29, 1.82) is 0 Å². The maximum atomic E-state index is 11.1. The lowest BCUT2D eigenvalue weighted by atomic mass is 10.2. The molecule has 2 rings (SSSR count). The highest BCUT2D eigenvalue weighted by atomic mass is 35.5. The number of carbonyl (C=O) groups excluding carboxylic acids is 1. The highest BCUT2D eigenvalue weighted by Crippen LogP contribution is 2.30. The highest BCUT2D eigenvalue weighted by molar-refractivity contribution is 7.18. The van der Waals surface area contributed by atoms with Gasteiger partial charge in [-0.3, -0.25) is 4.79 Å². The Hall–Kier alpha value is -1.93. The minimum Gasteiger partial charge on any atom is -0.480 e. The number of nitrogens with one attached hydrogen (secondary N) is 1. The van der Waals surface area contributed by atoms with E-state index in [-0.39, 0.29) is 17.5 Å². The Labute approximate surface area is 122 Å². The molecule has 0 aliphatic carbocycles. The monoisotopic (exact) mass is 314 g/mol. The second kappa shape index (κ2) is 5.59. The molecule has 0 aromatic carbocycles. The van der Waals surface area contributed by atoms with Crippen LogP contribution in [0.1, 0.15) is 11.3 Å². The van der Waals surface area contributed by atoms with Crippen LogP contribution in [0.15, 0.2) is 6.07 Å². The molecule has 20 heavy (non-hydrogen) atoms. The van der Waals surface area contributed by atoms with Gasteiger partial charge in [0.25, 0.3) is 0 Å². The van der Waals surface area contributed by atoms with Crippen LogP contribution in [-0.2, 0) is 9.59 Å². The number of carboxylic acids is 1. The number of aliphatic carboxylic acids is 1. The Morgan fingerprint density at radius 3 is 2.85 bits per heavy atom. The molecule has 106 valence electrons. The molecule has 0 spiro atoms. The predicted molar refractivity (Wildman–Crippen MR) is 76.0 cm³/mol. The molecule has 7 nitrogen and oxygen atoms in total. The number of nitrogens with two attached hydrogens (primary N) is 1. The van der Waals surface area contributed by atoms with Crippen LogP contribution in [0.4, 0.5) is 5.82 Å². The zero-order valence-corrected chi connectivity index (χ0v) is 12.0. The molecule has 4 N–H and O–H groups in total. The van der Waals surface area contributed by atoms with Crippen molar-refractivity contribution in [3.8, 4) is 0 Å². The first-order valence-corrected chi connectivity index (χ1v) is 6.77. The molecule has 0 saturated heterocycles. The molecule has 1 amide bonds. The second-order valence-electron chi connectivity index (χ2n) is 4.12. The van der Waals surface area contributed by atoms with Crippen LogP contribution >= 0.6 is 22.9 Å². The topological polar surface area (TPSA) is 118 Å². The Balaban J connectivity index is 2.40. The summed E-state index contributed by atoms with van der Waals surface area (Å²) in [5.74, 6) is -1.64. The van der Waals surface area contributed by atoms with Gasteiger partial charge in [-0.25, -0.2) is 14.8 Å². The van der Waals surface area contributed by atoms with Crippen molar-refractivity contribution in [2.75, 3.05) is 5.32 Å². The zero-order valence-electron chi connectivity index (χ0n) is 10.4. The summed E-state index contributed by atoms with van der Waals surface area (Å²) in [6.07, 6.45) is -0.346. The van der Waals surface area contributed by atoms with Crippen LogP contribution in [0.3, 0.4) is 0 Å². The summed E-state index contributed by atoms with van der Waals surface area (Å²) < 4.78 is 0. The Bertz CT molecular complexity index is 688. The van der Waals surface area contributed by atoms with Crippen molar-refractivity contribution < 1.29 is 14.7 Å². The van der Waals surface area contributed by atoms with Gasteiger partial charge in [0.2, 0.25) is 11.2 Å². The van der Waals surface area contributed by atoms with Crippen molar-refractivity contribution in [1.82, 2.24) is 9.97 Å². The molecule has 2 heterocycles. The zero-order chi connectivity index (χ0) is 14.9. The average molecular weight is 315 g/mol. The van der Waals surface area contributed by atoms with Crippen molar-refractivity contribution in [2.45, 2.75) is 19.4 Å². The third-order valence-electron chi connectivity index (χ3n) is 2.50. The lowest BCUT2D eigenvalue weighted by molar-refractivity contribution is -0.139. The number of anilines is 1. The molecule has 0 radical (unpaired) electrons. The lowest BCUT2D eigenvalue weighted by Crippen LogP contribution is -2.34. The van der Waals surface area contributed by atoms with E-state index < -0.39 is 17.9 Å². The average Bonchev–Trinajstić information content (AvgIpc) is 2.67. The minimum absolute atomic E-state index is 0.00469. The largest absolute Gasteiger partial charge is 0.480 e. The maximum Gasteiger partial charge on any atom is 0.326 e. The van der Waals surface area contributed by atoms with Gasteiger partial charge in [-0.05, 0) is 24.6 Å². The third-order valence-corrected chi connectivity index (χ3v) is 3.62. The number of amides is 1. The normalized spacial score (nSPS) is 12.3. The van der Waals surface area contributed by atoms with Gasteiger partial charge in [-0.1, -0.05) is 0 Å². The van der Waals surface area contributed by atoms with Gasteiger partial charge in [-0.2, -0.15) is 0 Å². The molecule has 0 aliphatic rings. The van der Waals surface area contributed by atoms with E-state index in [4.69, 9.17) is 22.4 Å².